The first-order chi connectivity index (χ1) is 14.1. The summed E-state index contributed by atoms with van der Waals surface area (Å²) in [4.78, 5) is 19.8. The third-order valence-electron chi connectivity index (χ3n) is 4.23. The van der Waals surface area contributed by atoms with E-state index in [9.17, 15) is 4.79 Å². The highest BCUT2D eigenvalue weighted by Gasteiger charge is 2.12. The molecule has 1 aromatic heterocycles. The van der Waals surface area contributed by atoms with Crippen molar-refractivity contribution in [3.63, 3.8) is 0 Å². The lowest BCUT2D eigenvalue weighted by Gasteiger charge is -2.14. The molecule has 3 aromatic rings. The number of amides is 1. The normalized spacial score (nSPS) is 10.6. The minimum absolute atomic E-state index is 0.239. The Hall–Kier alpha value is -2.91. The maximum absolute atomic E-state index is 11.1. The fourth-order valence-corrected chi connectivity index (χ4v) is 3.14. The first kappa shape index (κ1) is 20.8. The Labute approximate surface area is 176 Å². The Balaban J connectivity index is 1.80. The molecule has 3 rings (SSSR count). The van der Waals surface area contributed by atoms with Crippen molar-refractivity contribution in [2.45, 2.75) is 19.3 Å². The van der Waals surface area contributed by atoms with Gasteiger partial charge in [-0.15, -0.1) is 0 Å². The summed E-state index contributed by atoms with van der Waals surface area (Å²) in [5.41, 5.74) is 3.22. The number of halogens is 1. The van der Waals surface area contributed by atoms with Gasteiger partial charge in [0.1, 0.15) is 12.1 Å². The molecule has 0 atom stereocenters. The number of fused-ring (bicyclic) bond motifs is 1. The van der Waals surface area contributed by atoms with Gasteiger partial charge in [-0.05, 0) is 47.0 Å². The Bertz CT molecular complexity index is 999. The predicted molar refractivity (Wildman–Crippen MR) is 113 cm³/mol. The van der Waals surface area contributed by atoms with Gasteiger partial charge in [0.05, 0.1) is 24.9 Å². The van der Waals surface area contributed by atoms with Crippen LogP contribution in [-0.2, 0) is 4.79 Å². The number of carbonyl (C=O) groups is 1. The van der Waals surface area contributed by atoms with Crippen molar-refractivity contribution in [1.29, 1.82) is 0 Å². The van der Waals surface area contributed by atoms with Crippen molar-refractivity contribution in [3.8, 4) is 11.5 Å². The van der Waals surface area contributed by atoms with E-state index in [1.165, 1.54) is 6.33 Å². The van der Waals surface area contributed by atoms with Crippen LogP contribution in [0.4, 0.5) is 11.5 Å². The van der Waals surface area contributed by atoms with E-state index in [0.717, 1.165) is 21.1 Å². The molecule has 152 valence electrons. The zero-order valence-electron chi connectivity index (χ0n) is 15.8. The van der Waals surface area contributed by atoms with Gasteiger partial charge in [-0.2, -0.15) is 0 Å². The summed E-state index contributed by atoms with van der Waals surface area (Å²) in [5.74, 6) is 1.37. The van der Waals surface area contributed by atoms with Gasteiger partial charge in [0.25, 0.3) is 0 Å². The molecule has 0 radical (unpaired) electrons. The van der Waals surface area contributed by atoms with Gasteiger partial charge in [0.2, 0.25) is 5.91 Å². The molecule has 0 unspecified atom stereocenters. The van der Waals surface area contributed by atoms with E-state index in [-0.39, 0.29) is 6.42 Å². The third kappa shape index (κ3) is 5.33. The summed E-state index contributed by atoms with van der Waals surface area (Å²) in [5, 5.41) is 12.6. The number of unbranched alkanes of at least 4 members (excludes halogenated alkanes) is 1. The van der Waals surface area contributed by atoms with Crippen molar-refractivity contribution >= 4 is 44.2 Å². The van der Waals surface area contributed by atoms with E-state index in [4.69, 9.17) is 14.7 Å². The fraction of sp³-hybridized carbons (Fsp3) is 0.250. The second-order valence-corrected chi connectivity index (χ2v) is 7.04. The highest BCUT2D eigenvalue weighted by molar-refractivity contribution is 9.10. The number of anilines is 2. The second kappa shape index (κ2) is 10.0. The molecule has 1 amide bonds. The number of ether oxygens (including phenoxy) is 2. The smallest absolute Gasteiger partial charge is 0.243 e. The molecule has 0 spiro atoms. The average molecular weight is 461 g/mol. The van der Waals surface area contributed by atoms with Gasteiger partial charge in [0.15, 0.2) is 11.5 Å². The standard InChI is InChI=1S/C20H21BrN4O4/c1-28-17-11-16-13(10-18(17)29-9-5-4-8-19(26)25-27)20(23-12-22-16)24-15-7-3-2-6-14(15)21/h2-3,6-7,10-12,27H,4-5,8-9H2,1H3,(H,25,26)(H,22,23,24). The zero-order chi connectivity index (χ0) is 20.6. The maximum Gasteiger partial charge on any atom is 0.243 e. The van der Waals surface area contributed by atoms with E-state index >= 15 is 0 Å². The lowest BCUT2D eigenvalue weighted by Crippen LogP contribution is -2.18. The van der Waals surface area contributed by atoms with E-state index in [1.807, 2.05) is 30.3 Å². The van der Waals surface area contributed by atoms with E-state index < -0.39 is 5.91 Å². The highest BCUT2D eigenvalue weighted by atomic mass is 79.9. The van der Waals surface area contributed by atoms with Gasteiger partial charge in [-0.25, -0.2) is 15.4 Å². The lowest BCUT2D eigenvalue weighted by atomic mass is 10.2. The van der Waals surface area contributed by atoms with Gasteiger partial charge < -0.3 is 14.8 Å². The number of aromatic nitrogens is 2. The number of benzene rings is 2. The number of carbonyl (C=O) groups excluding carboxylic acids is 1. The molecule has 9 heteroatoms. The topological polar surface area (TPSA) is 106 Å². The number of hydroxylamine groups is 1. The first-order valence-corrected chi connectivity index (χ1v) is 9.81. The number of nitrogens with one attached hydrogen (secondary N) is 2. The highest BCUT2D eigenvalue weighted by Crippen LogP contribution is 2.35. The monoisotopic (exact) mass is 460 g/mol. The minimum Gasteiger partial charge on any atom is -0.493 e. The van der Waals surface area contributed by atoms with Crippen LogP contribution in [0.2, 0.25) is 0 Å². The van der Waals surface area contributed by atoms with Crippen LogP contribution in [0.1, 0.15) is 19.3 Å². The summed E-state index contributed by atoms with van der Waals surface area (Å²) in [6, 6.07) is 11.4. The number of para-hydroxylation sites is 1. The van der Waals surface area contributed by atoms with E-state index in [2.05, 4.69) is 31.2 Å². The summed E-state index contributed by atoms with van der Waals surface area (Å²) < 4.78 is 12.2. The number of methoxy groups -OCH3 is 1. The predicted octanol–water partition coefficient (Wildman–Crippen LogP) is 4.20. The lowest BCUT2D eigenvalue weighted by molar-refractivity contribution is -0.129. The summed E-state index contributed by atoms with van der Waals surface area (Å²) in [6.07, 6.45) is 2.98. The number of rotatable bonds is 9. The molecule has 8 nitrogen and oxygen atoms in total. The summed E-state index contributed by atoms with van der Waals surface area (Å²) in [7, 11) is 1.57. The van der Waals surface area contributed by atoms with Crippen LogP contribution in [0.3, 0.4) is 0 Å². The number of hydrogen-bond acceptors (Lipinski definition) is 7. The molecule has 0 saturated heterocycles. The molecule has 29 heavy (non-hydrogen) atoms. The number of nitrogens with zero attached hydrogens (tertiary/aromatic N) is 2. The van der Waals surface area contributed by atoms with Crippen LogP contribution in [0, 0.1) is 0 Å². The van der Waals surface area contributed by atoms with Crippen LogP contribution in [0.5, 0.6) is 11.5 Å². The van der Waals surface area contributed by atoms with Crippen molar-refractivity contribution in [2.75, 3.05) is 19.0 Å². The van der Waals surface area contributed by atoms with Gasteiger partial charge in [-0.3, -0.25) is 10.0 Å². The molecule has 0 aliphatic rings. The molecule has 3 N–H and O–H groups in total. The largest absolute Gasteiger partial charge is 0.493 e. The number of hydrogen-bond donors (Lipinski definition) is 3. The van der Waals surface area contributed by atoms with Crippen molar-refractivity contribution in [3.05, 3.63) is 47.2 Å². The van der Waals surface area contributed by atoms with Crippen LogP contribution in [0.25, 0.3) is 10.9 Å². The van der Waals surface area contributed by atoms with Gasteiger partial charge >= 0.3 is 0 Å². The summed E-state index contributed by atoms with van der Waals surface area (Å²) in [6.45, 7) is 0.404. The first-order valence-electron chi connectivity index (χ1n) is 9.02. The van der Waals surface area contributed by atoms with Crippen LogP contribution < -0.4 is 20.3 Å². The van der Waals surface area contributed by atoms with Crippen LogP contribution >= 0.6 is 15.9 Å². The summed E-state index contributed by atoms with van der Waals surface area (Å²) >= 11 is 3.52. The molecule has 0 aliphatic heterocycles. The van der Waals surface area contributed by atoms with Crippen molar-refractivity contribution in [2.24, 2.45) is 0 Å². The van der Waals surface area contributed by atoms with E-state index in [1.54, 1.807) is 18.7 Å². The van der Waals surface area contributed by atoms with Gasteiger partial charge in [-0.1, -0.05) is 12.1 Å². The second-order valence-electron chi connectivity index (χ2n) is 6.19. The quantitative estimate of drug-likeness (QED) is 0.249. The molecular weight excluding hydrogens is 440 g/mol. The third-order valence-corrected chi connectivity index (χ3v) is 4.92. The Morgan fingerprint density at radius 3 is 2.76 bits per heavy atom. The molecule has 0 aliphatic carbocycles. The molecular formula is C20H21BrN4O4. The van der Waals surface area contributed by atoms with Crippen LogP contribution in [0.15, 0.2) is 47.2 Å². The van der Waals surface area contributed by atoms with Crippen LogP contribution in [-0.4, -0.2) is 34.8 Å². The Kier molecular flexibility index (Phi) is 7.20. The maximum atomic E-state index is 11.1. The van der Waals surface area contributed by atoms with E-state index in [0.29, 0.717) is 36.8 Å². The average Bonchev–Trinajstić information content (AvgIpc) is 2.74. The Morgan fingerprint density at radius 2 is 2.00 bits per heavy atom. The minimum atomic E-state index is -0.409. The van der Waals surface area contributed by atoms with Crippen molar-refractivity contribution in [1.82, 2.24) is 15.4 Å². The van der Waals surface area contributed by atoms with Gasteiger partial charge in [0, 0.05) is 22.3 Å². The molecule has 2 aromatic carbocycles. The molecule has 0 bridgehead atoms. The molecule has 1 heterocycles. The fourth-order valence-electron chi connectivity index (χ4n) is 2.75. The molecule has 0 fully saturated rings. The van der Waals surface area contributed by atoms with Crippen molar-refractivity contribution < 1.29 is 19.5 Å². The zero-order valence-corrected chi connectivity index (χ0v) is 17.4. The SMILES string of the molecule is COc1cc2ncnc(Nc3ccccc3Br)c2cc1OCCCCC(=O)NO. The Morgan fingerprint density at radius 1 is 1.17 bits per heavy atom. The molecule has 0 saturated carbocycles.